The third-order valence-corrected chi connectivity index (χ3v) is 3.24. The molecule has 0 saturated carbocycles. The number of carbonyl (C=O) groups is 1. The fraction of sp³-hybridized carbons (Fsp3) is 0.100. The molecule has 0 fully saturated rings. The maximum absolute atomic E-state index is 12.3. The lowest BCUT2D eigenvalue weighted by atomic mass is 9.93. The van der Waals surface area contributed by atoms with Gasteiger partial charge in [0.15, 0.2) is 0 Å². The summed E-state index contributed by atoms with van der Waals surface area (Å²) in [7, 11) is 0. The van der Waals surface area contributed by atoms with E-state index in [1.807, 2.05) is 66.7 Å². The lowest BCUT2D eigenvalue weighted by molar-refractivity contribution is -0.139. The van der Waals surface area contributed by atoms with Crippen molar-refractivity contribution in [3.63, 3.8) is 0 Å². The summed E-state index contributed by atoms with van der Waals surface area (Å²) >= 11 is 0. The molecule has 0 aliphatic rings. The van der Waals surface area contributed by atoms with Gasteiger partial charge < -0.3 is 9.47 Å². The summed E-state index contributed by atoms with van der Waals surface area (Å²) in [6.07, 6.45) is 1.27. The van der Waals surface area contributed by atoms with Crippen LogP contribution in [0.15, 0.2) is 79.1 Å². The maximum Gasteiger partial charge on any atom is 0.349 e. The van der Waals surface area contributed by atoms with Gasteiger partial charge in [-0.1, -0.05) is 67.2 Å². The summed E-state index contributed by atoms with van der Waals surface area (Å²) < 4.78 is 10.0. The Morgan fingerprint density at radius 2 is 1.54 bits per heavy atom. The number of ether oxygens (including phenoxy) is 2. The first-order valence-electron chi connectivity index (χ1n) is 7.42. The molecule has 0 aromatic heterocycles. The van der Waals surface area contributed by atoms with Crippen LogP contribution in [0.5, 0.6) is 0 Å². The average molecular weight is 319 g/mol. The van der Waals surface area contributed by atoms with E-state index < -0.39 is 5.97 Å². The van der Waals surface area contributed by atoms with Gasteiger partial charge in [0.25, 0.3) is 0 Å². The molecule has 0 atom stereocenters. The van der Waals surface area contributed by atoms with E-state index in [-0.39, 0.29) is 18.8 Å². The van der Waals surface area contributed by atoms with Crippen LogP contribution in [-0.2, 0) is 14.3 Å². The Morgan fingerprint density at radius 3 is 2.00 bits per heavy atom. The van der Waals surface area contributed by atoms with Crippen LogP contribution in [0.1, 0.15) is 11.1 Å². The quantitative estimate of drug-likeness (QED) is 0.257. The predicted octanol–water partition coefficient (Wildman–Crippen LogP) is 3.72. The van der Waals surface area contributed by atoms with Crippen molar-refractivity contribution in [3.05, 3.63) is 90.2 Å². The second-order valence-corrected chi connectivity index (χ2v) is 4.77. The molecule has 0 aliphatic heterocycles. The summed E-state index contributed by atoms with van der Waals surface area (Å²) in [4.78, 5) is 12.3. The van der Waals surface area contributed by atoms with Crippen molar-refractivity contribution in [1.82, 2.24) is 0 Å². The van der Waals surface area contributed by atoms with Gasteiger partial charge in [0.05, 0.1) is 6.26 Å². The normalized spacial score (nSPS) is 9.46. The van der Waals surface area contributed by atoms with Crippen molar-refractivity contribution in [2.45, 2.75) is 0 Å². The molecule has 2 aromatic carbocycles. The highest BCUT2D eigenvalue weighted by Gasteiger charge is 2.19. The van der Waals surface area contributed by atoms with Gasteiger partial charge in [-0.15, -0.1) is 0 Å². The van der Waals surface area contributed by atoms with Crippen LogP contribution in [0.3, 0.4) is 0 Å². The van der Waals surface area contributed by atoms with E-state index in [4.69, 9.17) is 9.47 Å². The molecule has 0 heterocycles. The van der Waals surface area contributed by atoms with Gasteiger partial charge in [-0.05, 0) is 11.1 Å². The molecule has 0 bridgehead atoms. The minimum Gasteiger partial charge on any atom is -0.498 e. The first-order chi connectivity index (χ1) is 11.8. The average Bonchev–Trinajstić information content (AvgIpc) is 2.64. The fourth-order valence-electron chi connectivity index (χ4n) is 2.21. The van der Waals surface area contributed by atoms with E-state index in [9.17, 15) is 10.1 Å². The number of benzene rings is 2. The number of hydrogen-bond acceptors (Lipinski definition) is 4. The zero-order chi connectivity index (χ0) is 17.2. The van der Waals surface area contributed by atoms with Crippen LogP contribution in [0.2, 0.25) is 0 Å². The monoisotopic (exact) mass is 319 g/mol. The number of rotatable bonds is 7. The number of nitriles is 1. The third-order valence-electron chi connectivity index (χ3n) is 3.24. The standard InChI is InChI=1S/C20H17NO3/c1-2-23-13-14-24-20(22)18(15-21)19(16-9-5-3-6-10-16)17-11-7-4-8-12-17/h2-12H,1,13-14H2. The SMILES string of the molecule is C=COCCOC(=O)C(C#N)=C(c1ccccc1)c1ccccc1. The molecule has 0 amide bonds. The number of hydrogen-bond donors (Lipinski definition) is 0. The van der Waals surface area contributed by atoms with Gasteiger partial charge in [0.1, 0.15) is 24.9 Å². The Balaban J connectivity index is 2.42. The van der Waals surface area contributed by atoms with Crippen molar-refractivity contribution in [2.75, 3.05) is 13.2 Å². The molecule has 0 aliphatic carbocycles. The zero-order valence-electron chi connectivity index (χ0n) is 13.1. The molecule has 0 spiro atoms. The molecule has 0 unspecified atom stereocenters. The van der Waals surface area contributed by atoms with E-state index in [1.165, 1.54) is 6.26 Å². The molecule has 4 heteroatoms. The highest BCUT2D eigenvalue weighted by atomic mass is 16.6. The summed E-state index contributed by atoms with van der Waals surface area (Å²) in [5, 5.41) is 9.54. The van der Waals surface area contributed by atoms with E-state index >= 15 is 0 Å². The highest BCUT2D eigenvalue weighted by Crippen LogP contribution is 2.27. The van der Waals surface area contributed by atoms with Crippen LogP contribution in [0, 0.1) is 11.3 Å². The first kappa shape index (κ1) is 17.0. The Kier molecular flexibility index (Phi) is 6.36. The highest BCUT2D eigenvalue weighted by molar-refractivity contribution is 6.05. The minimum absolute atomic E-state index is 0.0361. The second kappa shape index (κ2) is 8.96. The van der Waals surface area contributed by atoms with Crippen LogP contribution < -0.4 is 0 Å². The van der Waals surface area contributed by atoms with Crippen molar-refractivity contribution in [3.8, 4) is 6.07 Å². The molecule has 4 nitrogen and oxygen atoms in total. The van der Waals surface area contributed by atoms with Gasteiger partial charge in [-0.25, -0.2) is 4.79 Å². The van der Waals surface area contributed by atoms with Crippen molar-refractivity contribution in [2.24, 2.45) is 0 Å². The second-order valence-electron chi connectivity index (χ2n) is 4.77. The number of nitrogens with zero attached hydrogens (tertiary/aromatic N) is 1. The predicted molar refractivity (Wildman–Crippen MR) is 91.6 cm³/mol. The fourth-order valence-corrected chi connectivity index (χ4v) is 2.21. The summed E-state index contributed by atoms with van der Waals surface area (Å²) in [5.41, 5.74) is 2.07. The van der Waals surface area contributed by atoms with Crippen molar-refractivity contribution < 1.29 is 14.3 Å². The van der Waals surface area contributed by atoms with Crippen molar-refractivity contribution >= 4 is 11.5 Å². The smallest absolute Gasteiger partial charge is 0.349 e. The van der Waals surface area contributed by atoms with Gasteiger partial charge >= 0.3 is 5.97 Å². The summed E-state index contributed by atoms with van der Waals surface area (Å²) in [5.74, 6) is -0.673. The Bertz CT molecular complexity index is 717. The van der Waals surface area contributed by atoms with Crippen LogP contribution in [0.4, 0.5) is 0 Å². The molecule has 0 saturated heterocycles. The molecule has 2 aromatic rings. The van der Waals surface area contributed by atoms with Crippen LogP contribution in [0.25, 0.3) is 5.57 Å². The van der Waals surface area contributed by atoms with Gasteiger partial charge in [0.2, 0.25) is 0 Å². The van der Waals surface area contributed by atoms with E-state index in [0.29, 0.717) is 5.57 Å². The lowest BCUT2D eigenvalue weighted by Crippen LogP contribution is -2.13. The zero-order valence-corrected chi connectivity index (χ0v) is 13.1. The van der Waals surface area contributed by atoms with E-state index in [0.717, 1.165) is 11.1 Å². The molecule has 0 radical (unpaired) electrons. The Morgan fingerprint density at radius 1 is 1.00 bits per heavy atom. The van der Waals surface area contributed by atoms with Gasteiger partial charge in [0, 0.05) is 5.57 Å². The third kappa shape index (κ3) is 4.34. The first-order valence-corrected chi connectivity index (χ1v) is 7.42. The van der Waals surface area contributed by atoms with E-state index in [2.05, 4.69) is 6.58 Å². The maximum atomic E-state index is 12.3. The molecular formula is C20H17NO3. The van der Waals surface area contributed by atoms with Crippen LogP contribution in [-0.4, -0.2) is 19.2 Å². The van der Waals surface area contributed by atoms with E-state index in [1.54, 1.807) is 0 Å². The molecule has 0 N–H and O–H groups in total. The summed E-state index contributed by atoms with van der Waals surface area (Å²) in [6, 6.07) is 20.6. The Labute approximate surface area is 141 Å². The topological polar surface area (TPSA) is 59.3 Å². The Hall–Kier alpha value is -3.32. The van der Waals surface area contributed by atoms with Gasteiger partial charge in [-0.2, -0.15) is 5.26 Å². The minimum atomic E-state index is -0.673. The summed E-state index contributed by atoms with van der Waals surface area (Å²) in [6.45, 7) is 3.65. The molecule has 2 rings (SSSR count). The van der Waals surface area contributed by atoms with Crippen molar-refractivity contribution in [1.29, 1.82) is 5.26 Å². The molecule has 120 valence electrons. The molecule has 24 heavy (non-hydrogen) atoms. The molecular weight excluding hydrogens is 302 g/mol. The largest absolute Gasteiger partial charge is 0.498 e. The van der Waals surface area contributed by atoms with Crippen LogP contribution >= 0.6 is 0 Å². The number of carbonyl (C=O) groups excluding carboxylic acids is 1. The lowest BCUT2D eigenvalue weighted by Gasteiger charge is -2.11. The number of esters is 1. The van der Waals surface area contributed by atoms with Gasteiger partial charge in [-0.3, -0.25) is 0 Å².